The average Bonchev–Trinajstić information content (AvgIpc) is 2.74. The summed E-state index contributed by atoms with van der Waals surface area (Å²) in [4.78, 5) is 0. The highest BCUT2D eigenvalue weighted by Crippen LogP contribution is 2.49. The van der Waals surface area contributed by atoms with Crippen LogP contribution in [-0.4, -0.2) is 0 Å². The van der Waals surface area contributed by atoms with E-state index in [4.69, 9.17) is 0 Å². The summed E-state index contributed by atoms with van der Waals surface area (Å²) in [5, 5.41) is 0. The number of alkyl halides is 4. The van der Waals surface area contributed by atoms with Gasteiger partial charge in [0.1, 0.15) is 0 Å². The van der Waals surface area contributed by atoms with Crippen molar-refractivity contribution in [2.24, 2.45) is 0 Å². The lowest BCUT2D eigenvalue weighted by atomic mass is 9.94. The monoisotopic (exact) mass is 412 g/mol. The van der Waals surface area contributed by atoms with Crippen molar-refractivity contribution in [1.82, 2.24) is 0 Å². The van der Waals surface area contributed by atoms with Crippen molar-refractivity contribution in [3.8, 4) is 0 Å². The van der Waals surface area contributed by atoms with Gasteiger partial charge in [-0.25, -0.2) is 0 Å². The molecule has 3 aromatic carbocycles. The van der Waals surface area contributed by atoms with Crippen LogP contribution in [0.4, 0.5) is 17.6 Å². The first-order chi connectivity index (χ1) is 14.2. The molecule has 0 nitrogen and oxygen atoms in total. The summed E-state index contributed by atoms with van der Waals surface area (Å²) < 4.78 is 58.8. The Morgan fingerprint density at radius 2 is 1.03 bits per heavy atom. The zero-order valence-electron chi connectivity index (χ0n) is 17.0. The summed E-state index contributed by atoms with van der Waals surface area (Å²) in [7, 11) is 0. The van der Waals surface area contributed by atoms with Crippen LogP contribution in [-0.2, 0) is 18.3 Å². The summed E-state index contributed by atoms with van der Waals surface area (Å²) >= 11 is 0. The zero-order chi connectivity index (χ0) is 21.8. The van der Waals surface area contributed by atoms with Crippen molar-refractivity contribution in [1.29, 1.82) is 0 Å². The smallest absolute Gasteiger partial charge is 0.194 e. The maximum atomic E-state index is 14.7. The third kappa shape index (κ3) is 4.64. The average molecular weight is 412 g/mol. The van der Waals surface area contributed by atoms with Gasteiger partial charge in [-0.15, -0.1) is 0 Å². The van der Waals surface area contributed by atoms with E-state index in [1.165, 1.54) is 24.3 Å². The molecule has 0 saturated heterocycles. The fourth-order valence-corrected chi connectivity index (χ4v) is 3.21. The Morgan fingerprint density at radius 1 is 0.633 bits per heavy atom. The Labute approximate surface area is 174 Å². The normalized spacial score (nSPS) is 12.5. The van der Waals surface area contributed by atoms with Crippen molar-refractivity contribution in [2.45, 2.75) is 38.5 Å². The van der Waals surface area contributed by atoms with Crippen molar-refractivity contribution >= 4 is 12.2 Å². The van der Waals surface area contributed by atoms with Crippen LogP contribution in [0.2, 0.25) is 0 Å². The number of halogens is 4. The molecule has 0 fully saturated rings. The van der Waals surface area contributed by atoms with E-state index >= 15 is 0 Å². The molecular formula is C26H24F4. The van der Waals surface area contributed by atoms with Crippen LogP contribution >= 0.6 is 0 Å². The SMILES string of the molecule is CCCc1ccc(C(F)(F)C(F)(F)c2ccc(C=Cc3ccc(C)cc3)cc2)cc1. The minimum absolute atomic E-state index is 0.655. The van der Waals surface area contributed by atoms with Crippen molar-refractivity contribution in [3.63, 3.8) is 0 Å². The molecule has 0 bridgehead atoms. The minimum atomic E-state index is -4.32. The van der Waals surface area contributed by atoms with E-state index in [1.54, 1.807) is 6.08 Å². The summed E-state index contributed by atoms with van der Waals surface area (Å²) in [6.45, 7) is 3.96. The summed E-state index contributed by atoms with van der Waals surface area (Å²) in [6, 6.07) is 18.0. The maximum absolute atomic E-state index is 14.7. The van der Waals surface area contributed by atoms with Gasteiger partial charge >= 0.3 is 11.8 Å². The van der Waals surface area contributed by atoms with Gasteiger partial charge in [0.2, 0.25) is 0 Å². The van der Waals surface area contributed by atoms with E-state index in [1.807, 2.05) is 44.2 Å². The first kappa shape index (κ1) is 21.8. The molecule has 0 aliphatic carbocycles. The molecular weight excluding hydrogens is 388 g/mol. The lowest BCUT2D eigenvalue weighted by Gasteiger charge is -2.27. The summed E-state index contributed by atoms with van der Waals surface area (Å²) in [6.07, 6.45) is 5.19. The third-order valence-corrected chi connectivity index (χ3v) is 5.07. The molecule has 0 saturated carbocycles. The molecule has 0 atom stereocenters. The topological polar surface area (TPSA) is 0 Å². The Morgan fingerprint density at radius 3 is 1.47 bits per heavy atom. The van der Waals surface area contributed by atoms with Gasteiger partial charge in [0.25, 0.3) is 0 Å². The largest absolute Gasteiger partial charge is 0.339 e. The van der Waals surface area contributed by atoms with Gasteiger partial charge < -0.3 is 0 Å². The lowest BCUT2D eigenvalue weighted by Crippen LogP contribution is -2.35. The van der Waals surface area contributed by atoms with Gasteiger partial charge in [-0.05, 0) is 30.0 Å². The summed E-state index contributed by atoms with van der Waals surface area (Å²) in [5.41, 5.74) is 2.22. The second-order valence-corrected chi connectivity index (χ2v) is 7.46. The van der Waals surface area contributed by atoms with Gasteiger partial charge in [0.15, 0.2) is 0 Å². The number of rotatable bonds is 7. The molecule has 0 radical (unpaired) electrons. The Balaban J connectivity index is 1.80. The quantitative estimate of drug-likeness (QED) is 0.272. The fraction of sp³-hybridized carbons (Fsp3) is 0.231. The predicted octanol–water partition coefficient (Wildman–Crippen LogP) is 8.00. The Bertz CT molecular complexity index is 983. The van der Waals surface area contributed by atoms with E-state index in [9.17, 15) is 17.6 Å². The van der Waals surface area contributed by atoms with Crippen LogP contribution in [0.3, 0.4) is 0 Å². The van der Waals surface area contributed by atoms with Crippen LogP contribution in [0.25, 0.3) is 12.2 Å². The van der Waals surface area contributed by atoms with E-state index in [0.29, 0.717) is 5.56 Å². The van der Waals surface area contributed by atoms with E-state index < -0.39 is 23.0 Å². The first-order valence-electron chi connectivity index (χ1n) is 9.94. The van der Waals surface area contributed by atoms with Crippen LogP contribution < -0.4 is 0 Å². The molecule has 0 N–H and O–H groups in total. The number of benzene rings is 3. The van der Waals surface area contributed by atoms with Crippen LogP contribution in [0.15, 0.2) is 72.8 Å². The number of aryl methyl sites for hydroxylation is 2. The third-order valence-electron chi connectivity index (χ3n) is 5.07. The first-order valence-corrected chi connectivity index (χ1v) is 9.94. The molecule has 3 aromatic rings. The maximum Gasteiger partial charge on any atom is 0.339 e. The van der Waals surface area contributed by atoms with Gasteiger partial charge in [-0.1, -0.05) is 104 Å². The molecule has 30 heavy (non-hydrogen) atoms. The van der Waals surface area contributed by atoms with Crippen molar-refractivity contribution < 1.29 is 17.6 Å². The molecule has 3 rings (SSSR count). The van der Waals surface area contributed by atoms with Crippen molar-refractivity contribution in [3.05, 3.63) is 106 Å². The molecule has 0 unspecified atom stereocenters. The highest BCUT2D eigenvalue weighted by atomic mass is 19.3. The Hall–Kier alpha value is -2.88. The molecule has 0 spiro atoms. The molecule has 0 heterocycles. The van der Waals surface area contributed by atoms with Gasteiger partial charge in [-0.2, -0.15) is 17.6 Å². The van der Waals surface area contributed by atoms with Crippen LogP contribution in [0, 0.1) is 6.92 Å². The highest BCUT2D eigenvalue weighted by Gasteiger charge is 2.58. The van der Waals surface area contributed by atoms with Crippen molar-refractivity contribution in [2.75, 3.05) is 0 Å². The van der Waals surface area contributed by atoms with Crippen LogP contribution in [0.5, 0.6) is 0 Å². The second kappa shape index (κ2) is 8.86. The number of hydrogen-bond acceptors (Lipinski definition) is 0. The van der Waals surface area contributed by atoms with Crippen LogP contribution in [0.1, 0.15) is 46.7 Å². The lowest BCUT2D eigenvalue weighted by molar-refractivity contribution is -0.223. The molecule has 156 valence electrons. The van der Waals surface area contributed by atoms with Gasteiger partial charge in [-0.3, -0.25) is 0 Å². The van der Waals surface area contributed by atoms with E-state index in [0.717, 1.165) is 53.8 Å². The predicted molar refractivity (Wildman–Crippen MR) is 115 cm³/mol. The zero-order valence-corrected chi connectivity index (χ0v) is 17.0. The standard InChI is InChI=1S/C26H24F4/c1-3-4-20-11-15-23(16-12-20)25(27,28)26(29,30)24-17-13-22(14-18-24)10-9-21-7-5-19(2)6-8-21/h5-18H,3-4H2,1-2H3. The fourth-order valence-electron chi connectivity index (χ4n) is 3.21. The number of hydrogen-bond donors (Lipinski definition) is 0. The summed E-state index contributed by atoms with van der Waals surface area (Å²) in [5.74, 6) is -8.63. The minimum Gasteiger partial charge on any atom is -0.194 e. The van der Waals surface area contributed by atoms with Gasteiger partial charge in [0.05, 0.1) is 0 Å². The second-order valence-electron chi connectivity index (χ2n) is 7.46. The van der Waals surface area contributed by atoms with E-state index in [2.05, 4.69) is 0 Å². The molecule has 4 heteroatoms. The highest BCUT2D eigenvalue weighted by molar-refractivity contribution is 5.69. The molecule has 0 aromatic heterocycles. The molecule has 0 aliphatic rings. The molecule has 0 amide bonds. The Kier molecular flexibility index (Phi) is 6.45. The van der Waals surface area contributed by atoms with Gasteiger partial charge in [0, 0.05) is 11.1 Å². The molecule has 0 aliphatic heterocycles. The van der Waals surface area contributed by atoms with E-state index in [-0.39, 0.29) is 0 Å².